The molecule has 6 atom stereocenters. The summed E-state index contributed by atoms with van der Waals surface area (Å²) in [6, 6.07) is 4.30. The molecular formula is C36H50N6O8S. The normalized spacial score (nSPS) is 27.1. The van der Waals surface area contributed by atoms with Crippen molar-refractivity contribution in [2.45, 2.75) is 121 Å². The maximum Gasteiger partial charge on any atom is 0.408 e. The van der Waals surface area contributed by atoms with Crippen LogP contribution in [0.15, 0.2) is 42.6 Å². The molecule has 1 saturated carbocycles. The molecule has 5 amide bonds. The van der Waals surface area contributed by atoms with E-state index in [9.17, 15) is 32.4 Å². The standard InChI is InChI=1S/C36H50N6O8S/c1-6-22(2)51(48,49)41-33(46)36-20-25(36)12-10-8-7-9-11-13-27(39-34(47)50-35(3,4)5)32(45)42-21-26(19-29(42)31(44)40-36)38-30(43)24-15-14-23-16-17-37-28(23)18-24/h10,12,14-18,22,25-27,29,37H,6-9,11,13,19-21H2,1-5H3,(H,38,43)(H,39,47)(H,40,44)(H,41,46)/b12-10-/t22?,25-,26-,27+,29+,36-/m1/s1. The molecule has 14 nitrogen and oxygen atoms in total. The first-order valence-corrected chi connectivity index (χ1v) is 19.3. The van der Waals surface area contributed by atoms with E-state index in [-0.39, 0.29) is 25.8 Å². The monoisotopic (exact) mass is 726 g/mol. The van der Waals surface area contributed by atoms with Crippen molar-refractivity contribution in [3.8, 4) is 0 Å². The lowest BCUT2D eigenvalue weighted by atomic mass is 10.0. The van der Waals surface area contributed by atoms with Gasteiger partial charge in [-0.25, -0.2) is 13.2 Å². The number of fused-ring (bicyclic) bond motifs is 3. The van der Waals surface area contributed by atoms with Gasteiger partial charge in [0.15, 0.2) is 0 Å². The van der Waals surface area contributed by atoms with E-state index in [1.165, 1.54) is 11.8 Å². The second kappa shape index (κ2) is 15.1. The second-order valence-corrected chi connectivity index (χ2v) is 17.0. The van der Waals surface area contributed by atoms with Crippen LogP contribution < -0.4 is 20.7 Å². The first kappa shape index (κ1) is 37.8. The molecular weight excluding hydrogens is 676 g/mol. The molecule has 5 rings (SSSR count). The van der Waals surface area contributed by atoms with E-state index in [0.29, 0.717) is 24.8 Å². The topological polar surface area (TPSA) is 196 Å². The first-order valence-electron chi connectivity index (χ1n) is 17.8. The average Bonchev–Trinajstić information content (AvgIpc) is 3.34. The van der Waals surface area contributed by atoms with Crippen LogP contribution in [-0.2, 0) is 29.1 Å². The van der Waals surface area contributed by atoms with Gasteiger partial charge in [-0.15, -0.1) is 0 Å². The summed E-state index contributed by atoms with van der Waals surface area (Å²) in [5, 5.41) is 8.60. The molecule has 1 aliphatic carbocycles. The third-order valence-electron chi connectivity index (χ3n) is 9.87. The van der Waals surface area contributed by atoms with E-state index in [1.807, 2.05) is 24.3 Å². The van der Waals surface area contributed by atoms with Gasteiger partial charge in [-0.1, -0.05) is 38.0 Å². The zero-order valence-electron chi connectivity index (χ0n) is 29.9. The quantitative estimate of drug-likeness (QED) is 0.268. The van der Waals surface area contributed by atoms with Crippen LogP contribution in [0.2, 0.25) is 0 Å². The van der Waals surface area contributed by atoms with Crippen LogP contribution in [0, 0.1) is 5.92 Å². The maximum atomic E-state index is 14.3. The Morgan fingerprint density at radius 3 is 2.59 bits per heavy atom. The Hall–Kier alpha value is -4.40. The maximum absolute atomic E-state index is 14.3. The molecule has 3 aliphatic rings. The van der Waals surface area contributed by atoms with Crippen LogP contribution in [0.25, 0.3) is 10.9 Å². The average molecular weight is 727 g/mol. The smallest absolute Gasteiger partial charge is 0.408 e. The molecule has 0 radical (unpaired) electrons. The number of rotatable bonds is 7. The minimum absolute atomic E-state index is 0.0244. The number of hydrogen-bond acceptors (Lipinski definition) is 8. The fraction of sp³-hybridized carbons (Fsp3) is 0.583. The number of nitrogens with zero attached hydrogens (tertiary/aromatic N) is 1. The lowest BCUT2D eigenvalue weighted by Crippen LogP contribution is -2.58. The van der Waals surface area contributed by atoms with Crippen molar-refractivity contribution in [3.05, 3.63) is 48.2 Å². The number of sulfonamides is 1. The van der Waals surface area contributed by atoms with Gasteiger partial charge in [-0.2, -0.15) is 0 Å². The zero-order chi connectivity index (χ0) is 37.1. The number of alkyl carbamates (subject to hydrolysis) is 1. The van der Waals surface area contributed by atoms with Gasteiger partial charge in [-0.05, 0) is 89.8 Å². The number of carbonyl (C=O) groups is 5. The lowest BCUT2D eigenvalue weighted by molar-refractivity contribution is -0.141. The Labute approximate surface area is 298 Å². The summed E-state index contributed by atoms with van der Waals surface area (Å²) in [7, 11) is -4.01. The van der Waals surface area contributed by atoms with E-state index >= 15 is 0 Å². The molecule has 0 bridgehead atoms. The van der Waals surface area contributed by atoms with Gasteiger partial charge in [-0.3, -0.25) is 23.9 Å². The minimum atomic E-state index is -4.01. The van der Waals surface area contributed by atoms with E-state index in [1.54, 1.807) is 46.0 Å². The number of H-pyrrole nitrogens is 1. The largest absolute Gasteiger partial charge is 0.444 e. The third kappa shape index (κ3) is 8.92. The Morgan fingerprint density at radius 1 is 1.10 bits per heavy atom. The van der Waals surface area contributed by atoms with Crippen molar-refractivity contribution < 1.29 is 37.1 Å². The molecule has 5 N–H and O–H groups in total. The molecule has 1 aromatic heterocycles. The van der Waals surface area contributed by atoms with Gasteiger partial charge < -0.3 is 30.6 Å². The van der Waals surface area contributed by atoms with Crippen molar-refractivity contribution in [2.24, 2.45) is 5.92 Å². The fourth-order valence-electron chi connectivity index (χ4n) is 6.67. The molecule has 3 heterocycles. The highest BCUT2D eigenvalue weighted by Crippen LogP contribution is 2.45. The predicted molar refractivity (Wildman–Crippen MR) is 191 cm³/mol. The van der Waals surface area contributed by atoms with E-state index in [2.05, 4.69) is 25.7 Å². The Morgan fingerprint density at radius 2 is 1.86 bits per heavy atom. The van der Waals surface area contributed by atoms with E-state index < -0.39 is 80.2 Å². The van der Waals surface area contributed by atoms with Gasteiger partial charge in [0.2, 0.25) is 21.8 Å². The summed E-state index contributed by atoms with van der Waals surface area (Å²) in [5.41, 5.74) is -1.18. The molecule has 1 saturated heterocycles. The summed E-state index contributed by atoms with van der Waals surface area (Å²) in [5.74, 6) is -2.87. The lowest BCUT2D eigenvalue weighted by Gasteiger charge is -2.30. The van der Waals surface area contributed by atoms with Crippen molar-refractivity contribution in [2.75, 3.05) is 6.54 Å². The van der Waals surface area contributed by atoms with Gasteiger partial charge in [0.1, 0.15) is 23.2 Å². The zero-order valence-corrected chi connectivity index (χ0v) is 30.7. The molecule has 1 unspecified atom stereocenters. The molecule has 2 aliphatic heterocycles. The number of aromatic amines is 1. The number of aromatic nitrogens is 1. The summed E-state index contributed by atoms with van der Waals surface area (Å²) >= 11 is 0. The van der Waals surface area contributed by atoms with Gasteiger partial charge in [0, 0.05) is 35.8 Å². The summed E-state index contributed by atoms with van der Waals surface area (Å²) in [6.07, 6.45) is 8.36. The molecule has 51 heavy (non-hydrogen) atoms. The van der Waals surface area contributed by atoms with Gasteiger partial charge in [0.05, 0.1) is 5.25 Å². The van der Waals surface area contributed by atoms with Crippen LogP contribution in [0.1, 0.15) is 96.3 Å². The van der Waals surface area contributed by atoms with Crippen molar-refractivity contribution in [3.63, 3.8) is 0 Å². The SMILES string of the molecule is CCC(C)S(=O)(=O)NC(=O)[C@@]12C[C@H]1/C=C\CCCCC[C@H](NC(=O)OC(C)(C)C)C(=O)N1C[C@H](NC(=O)c3ccc4cc[nH]c4c3)C[C@H]1C(=O)N2. The minimum Gasteiger partial charge on any atom is -0.444 e. The Balaban J connectivity index is 1.44. The number of carbonyl (C=O) groups excluding carboxylic acids is 5. The van der Waals surface area contributed by atoms with Crippen molar-refractivity contribution in [1.29, 1.82) is 0 Å². The number of hydrogen-bond donors (Lipinski definition) is 5. The summed E-state index contributed by atoms with van der Waals surface area (Å²) in [6.45, 7) is 8.30. The number of benzene rings is 1. The van der Waals surface area contributed by atoms with Crippen molar-refractivity contribution >= 4 is 50.6 Å². The highest BCUT2D eigenvalue weighted by molar-refractivity contribution is 7.90. The van der Waals surface area contributed by atoms with Crippen LogP contribution in [0.5, 0.6) is 0 Å². The van der Waals surface area contributed by atoms with Gasteiger partial charge >= 0.3 is 6.09 Å². The highest BCUT2D eigenvalue weighted by Gasteiger charge is 2.61. The van der Waals surface area contributed by atoms with Crippen LogP contribution in [0.4, 0.5) is 4.79 Å². The van der Waals surface area contributed by atoms with E-state index in [0.717, 1.165) is 23.7 Å². The van der Waals surface area contributed by atoms with Crippen LogP contribution in [0.3, 0.4) is 0 Å². The number of allylic oxidation sites excluding steroid dienone is 1. The Kier molecular flexibility index (Phi) is 11.2. The molecule has 2 fully saturated rings. The van der Waals surface area contributed by atoms with Gasteiger partial charge in [0.25, 0.3) is 11.8 Å². The highest BCUT2D eigenvalue weighted by atomic mass is 32.2. The van der Waals surface area contributed by atoms with Crippen LogP contribution in [-0.4, -0.2) is 89.1 Å². The Bertz CT molecular complexity index is 1800. The number of amides is 5. The molecule has 0 spiro atoms. The van der Waals surface area contributed by atoms with Crippen molar-refractivity contribution in [1.82, 2.24) is 30.6 Å². The molecule has 15 heteroatoms. The summed E-state index contributed by atoms with van der Waals surface area (Å²) in [4.78, 5) is 73.0. The second-order valence-electron chi connectivity index (χ2n) is 14.9. The number of nitrogens with one attached hydrogen (secondary N) is 5. The first-order chi connectivity index (χ1) is 24.0. The fourth-order valence-corrected chi connectivity index (χ4v) is 7.75. The summed E-state index contributed by atoms with van der Waals surface area (Å²) < 4.78 is 33.5. The molecule has 278 valence electrons. The third-order valence-corrected chi connectivity index (χ3v) is 11.7. The van der Waals surface area contributed by atoms with Crippen LogP contribution >= 0.6 is 0 Å². The number of ether oxygens (including phenoxy) is 1. The van der Waals surface area contributed by atoms with E-state index in [4.69, 9.17) is 4.74 Å². The molecule has 2 aromatic rings. The molecule has 1 aromatic carbocycles. The predicted octanol–water partition coefficient (Wildman–Crippen LogP) is 3.40.